The lowest BCUT2D eigenvalue weighted by Gasteiger charge is -2.19. The molecule has 1 aliphatic rings. The Hall–Kier alpha value is -1.42. The van der Waals surface area contributed by atoms with E-state index in [-0.39, 0.29) is 21.4 Å². The van der Waals surface area contributed by atoms with Crippen molar-refractivity contribution >= 4 is 5.69 Å². The zero-order valence-electron chi connectivity index (χ0n) is 10.5. The zero-order valence-corrected chi connectivity index (χ0v) is 10.5. The second-order valence-electron chi connectivity index (χ2n) is 5.58. The van der Waals surface area contributed by atoms with Gasteiger partial charge in [0.15, 0.2) is 0 Å². The zero-order chi connectivity index (χ0) is 12.8. The van der Waals surface area contributed by atoms with E-state index in [1.807, 2.05) is 12.1 Å². The van der Waals surface area contributed by atoms with Crippen LogP contribution in [0.4, 0.5) is 5.69 Å². The molecule has 1 aromatic carbocycles. The van der Waals surface area contributed by atoms with Gasteiger partial charge in [0, 0.05) is 23.1 Å². The fraction of sp³-hybridized carbons (Fsp3) is 0.538. The quantitative estimate of drug-likeness (QED) is 0.645. The molecule has 0 spiro atoms. The number of nitro benzene ring substituents is 1. The lowest BCUT2D eigenvalue weighted by Crippen LogP contribution is -2.26. The number of hydrogen-bond acceptors (Lipinski definition) is 3. The van der Waals surface area contributed by atoms with Gasteiger partial charge in [-0.1, -0.05) is 32.0 Å². The number of hydrogen-bond donors (Lipinski definition) is 1. The third-order valence-electron chi connectivity index (χ3n) is 4.20. The van der Waals surface area contributed by atoms with Gasteiger partial charge in [-0.05, 0) is 18.8 Å². The second kappa shape index (κ2) is 3.53. The van der Waals surface area contributed by atoms with Crippen LogP contribution in [0.15, 0.2) is 18.2 Å². The Morgan fingerprint density at radius 3 is 2.47 bits per heavy atom. The number of aryl methyl sites for hydroxylation is 1. The van der Waals surface area contributed by atoms with E-state index in [9.17, 15) is 10.1 Å². The molecule has 1 fully saturated rings. The monoisotopic (exact) mass is 234 g/mol. The minimum absolute atomic E-state index is 0.0559. The number of benzene rings is 1. The highest BCUT2D eigenvalue weighted by Crippen LogP contribution is 2.65. The van der Waals surface area contributed by atoms with Gasteiger partial charge in [0.2, 0.25) is 0 Å². The number of nitrogens with zero attached hydrogens (tertiary/aromatic N) is 1. The highest BCUT2D eigenvalue weighted by Gasteiger charge is 2.63. The molecular formula is C13H18N2O2. The average molecular weight is 234 g/mol. The van der Waals surface area contributed by atoms with Gasteiger partial charge in [0.05, 0.1) is 4.92 Å². The van der Waals surface area contributed by atoms with Gasteiger partial charge < -0.3 is 5.73 Å². The molecule has 0 radical (unpaired) electrons. The van der Waals surface area contributed by atoms with Gasteiger partial charge in [-0.3, -0.25) is 10.1 Å². The minimum atomic E-state index is -0.281. The molecule has 1 saturated carbocycles. The van der Waals surface area contributed by atoms with E-state index in [1.54, 1.807) is 13.0 Å². The first-order valence-electron chi connectivity index (χ1n) is 5.80. The largest absolute Gasteiger partial charge is 0.330 e. The molecular weight excluding hydrogens is 216 g/mol. The smallest absolute Gasteiger partial charge is 0.276 e. The molecule has 4 heteroatoms. The Bertz CT molecular complexity index is 482. The van der Waals surface area contributed by atoms with E-state index >= 15 is 0 Å². The maximum atomic E-state index is 11.2. The molecule has 0 saturated heterocycles. The maximum Gasteiger partial charge on any atom is 0.276 e. The van der Waals surface area contributed by atoms with E-state index < -0.39 is 0 Å². The number of nitro groups is 1. The fourth-order valence-corrected chi connectivity index (χ4v) is 2.92. The van der Waals surface area contributed by atoms with Crippen LogP contribution in [0.5, 0.6) is 0 Å². The molecule has 1 aliphatic carbocycles. The standard InChI is InChI=1S/C13H18N2O2/c1-9-5-4-6-10(11(9)15(16)17)13(8-14)7-12(13,2)3/h4-6H,7-8,14H2,1-3H3. The van der Waals surface area contributed by atoms with Gasteiger partial charge in [-0.2, -0.15) is 0 Å². The van der Waals surface area contributed by atoms with Crippen molar-refractivity contribution in [2.45, 2.75) is 32.6 Å². The van der Waals surface area contributed by atoms with Gasteiger partial charge in [-0.15, -0.1) is 0 Å². The van der Waals surface area contributed by atoms with Gasteiger partial charge in [0.25, 0.3) is 5.69 Å². The summed E-state index contributed by atoms with van der Waals surface area (Å²) < 4.78 is 0. The Labute approximate surface area is 101 Å². The third-order valence-corrected chi connectivity index (χ3v) is 4.20. The van der Waals surface area contributed by atoms with Gasteiger partial charge >= 0.3 is 0 Å². The predicted molar refractivity (Wildman–Crippen MR) is 67.0 cm³/mol. The summed E-state index contributed by atoms with van der Waals surface area (Å²) in [5, 5.41) is 11.2. The molecule has 4 nitrogen and oxygen atoms in total. The number of nitrogens with two attached hydrogens (primary N) is 1. The fourth-order valence-electron chi connectivity index (χ4n) is 2.92. The molecule has 0 aromatic heterocycles. The first-order valence-corrected chi connectivity index (χ1v) is 5.80. The molecule has 17 heavy (non-hydrogen) atoms. The number of para-hydroxylation sites is 1. The van der Waals surface area contributed by atoms with Crippen molar-refractivity contribution in [1.82, 2.24) is 0 Å². The molecule has 1 aromatic rings. The summed E-state index contributed by atoms with van der Waals surface area (Å²) in [6.45, 7) is 6.48. The molecule has 0 aliphatic heterocycles. The molecule has 1 unspecified atom stereocenters. The maximum absolute atomic E-state index is 11.2. The van der Waals surface area contributed by atoms with Crippen LogP contribution in [-0.2, 0) is 5.41 Å². The van der Waals surface area contributed by atoms with Crippen molar-refractivity contribution in [1.29, 1.82) is 0 Å². The van der Waals surface area contributed by atoms with Crippen LogP contribution in [0.3, 0.4) is 0 Å². The van der Waals surface area contributed by atoms with E-state index in [0.717, 1.165) is 12.0 Å². The molecule has 0 heterocycles. The summed E-state index contributed by atoms with van der Waals surface area (Å²) in [5.74, 6) is 0. The predicted octanol–water partition coefficient (Wildman–Crippen LogP) is 2.53. The van der Waals surface area contributed by atoms with E-state index in [0.29, 0.717) is 12.1 Å². The van der Waals surface area contributed by atoms with Crippen molar-refractivity contribution in [3.8, 4) is 0 Å². The first-order chi connectivity index (χ1) is 7.85. The van der Waals surface area contributed by atoms with Crippen molar-refractivity contribution in [2.75, 3.05) is 6.54 Å². The molecule has 92 valence electrons. The van der Waals surface area contributed by atoms with Crippen LogP contribution in [0.2, 0.25) is 0 Å². The van der Waals surface area contributed by atoms with Crippen LogP contribution in [0, 0.1) is 22.5 Å². The number of rotatable bonds is 3. The lowest BCUT2D eigenvalue weighted by molar-refractivity contribution is -0.386. The molecule has 2 rings (SSSR count). The van der Waals surface area contributed by atoms with Crippen LogP contribution < -0.4 is 5.73 Å². The van der Waals surface area contributed by atoms with E-state index in [1.165, 1.54) is 0 Å². The molecule has 0 bridgehead atoms. The Morgan fingerprint density at radius 1 is 1.47 bits per heavy atom. The Kier molecular flexibility index (Phi) is 2.51. The normalized spacial score (nSPS) is 25.6. The van der Waals surface area contributed by atoms with Gasteiger partial charge in [0.1, 0.15) is 0 Å². The molecule has 0 amide bonds. The Morgan fingerprint density at radius 2 is 2.06 bits per heavy atom. The molecule has 2 N–H and O–H groups in total. The Balaban J connectivity index is 2.61. The minimum Gasteiger partial charge on any atom is -0.330 e. The molecule has 1 atom stereocenters. The lowest BCUT2D eigenvalue weighted by atomic mass is 9.86. The van der Waals surface area contributed by atoms with Crippen LogP contribution in [0.1, 0.15) is 31.4 Å². The summed E-state index contributed by atoms with van der Waals surface area (Å²) in [6.07, 6.45) is 0.917. The van der Waals surface area contributed by atoms with E-state index in [4.69, 9.17) is 5.73 Å². The van der Waals surface area contributed by atoms with Crippen LogP contribution in [0.25, 0.3) is 0 Å². The summed E-state index contributed by atoms with van der Waals surface area (Å²) in [5.41, 5.74) is 7.46. The van der Waals surface area contributed by atoms with Crippen LogP contribution >= 0.6 is 0 Å². The van der Waals surface area contributed by atoms with Crippen molar-refractivity contribution in [3.63, 3.8) is 0 Å². The summed E-state index contributed by atoms with van der Waals surface area (Å²) in [4.78, 5) is 10.9. The van der Waals surface area contributed by atoms with Crippen molar-refractivity contribution < 1.29 is 4.92 Å². The third kappa shape index (κ3) is 1.55. The highest BCUT2D eigenvalue weighted by molar-refractivity contribution is 5.55. The van der Waals surface area contributed by atoms with Crippen LogP contribution in [-0.4, -0.2) is 11.5 Å². The SMILES string of the molecule is Cc1cccc(C2(CN)CC2(C)C)c1[N+](=O)[O-]. The highest BCUT2D eigenvalue weighted by atomic mass is 16.6. The topological polar surface area (TPSA) is 69.2 Å². The first kappa shape index (κ1) is 12.0. The van der Waals surface area contributed by atoms with E-state index in [2.05, 4.69) is 13.8 Å². The summed E-state index contributed by atoms with van der Waals surface area (Å²) in [6, 6.07) is 5.51. The summed E-state index contributed by atoms with van der Waals surface area (Å²) in [7, 11) is 0. The summed E-state index contributed by atoms with van der Waals surface area (Å²) >= 11 is 0. The van der Waals surface area contributed by atoms with Gasteiger partial charge in [-0.25, -0.2) is 0 Å². The van der Waals surface area contributed by atoms with Crippen molar-refractivity contribution in [2.24, 2.45) is 11.1 Å². The van der Waals surface area contributed by atoms with Crippen molar-refractivity contribution in [3.05, 3.63) is 39.4 Å². The second-order valence-corrected chi connectivity index (χ2v) is 5.58. The average Bonchev–Trinajstić information content (AvgIpc) is 2.81.